The lowest BCUT2D eigenvalue weighted by atomic mass is 10.0. The molecule has 5 N–H and O–H groups in total. The van der Waals surface area contributed by atoms with Gasteiger partial charge in [0.15, 0.2) is 0 Å². The fourth-order valence-electron chi connectivity index (χ4n) is 1.28. The average molecular weight is 255 g/mol. The largest absolute Gasteiger partial charge is 0.389 e. The second-order valence-corrected chi connectivity index (χ2v) is 4.58. The molecule has 6 heteroatoms. The third-order valence-electron chi connectivity index (χ3n) is 2.32. The molecule has 0 aliphatic carbocycles. The number of benzene rings is 1. The molecule has 0 fully saturated rings. The van der Waals surface area contributed by atoms with Crippen LogP contribution in [0.25, 0.3) is 0 Å². The Morgan fingerprint density at radius 2 is 2.00 bits per heavy atom. The first kappa shape index (κ1) is 13.4. The third-order valence-corrected chi connectivity index (χ3v) is 2.53. The molecule has 1 aromatic rings. The van der Waals surface area contributed by atoms with Crippen LogP contribution < -0.4 is 16.8 Å². The Labute approximate surface area is 104 Å². The molecule has 0 bridgehead atoms. The van der Waals surface area contributed by atoms with Gasteiger partial charge in [-0.05, 0) is 26.0 Å². The van der Waals surface area contributed by atoms with Crippen LogP contribution in [0.3, 0.4) is 0 Å². The van der Waals surface area contributed by atoms with Crippen molar-refractivity contribution in [2.45, 2.75) is 19.4 Å². The highest BCUT2D eigenvalue weighted by Gasteiger charge is 2.26. The lowest BCUT2D eigenvalue weighted by Crippen LogP contribution is -2.45. The topological polar surface area (TPSA) is 81.1 Å². The van der Waals surface area contributed by atoms with Crippen molar-refractivity contribution in [3.8, 4) is 0 Å². The van der Waals surface area contributed by atoms with Gasteiger partial charge < -0.3 is 16.8 Å². The fourth-order valence-corrected chi connectivity index (χ4v) is 1.48. The van der Waals surface area contributed by atoms with E-state index in [4.69, 9.17) is 23.7 Å². The normalized spacial score (nSPS) is 11.0. The first-order valence-corrected chi connectivity index (χ1v) is 5.33. The number of thiocarbonyl (C=S) groups is 1. The minimum Gasteiger partial charge on any atom is -0.389 e. The number of primary amides is 1. The van der Waals surface area contributed by atoms with Crippen LogP contribution in [-0.4, -0.2) is 16.4 Å². The molecule has 92 valence electrons. The molecular formula is C11H14FN3OS. The van der Waals surface area contributed by atoms with Crippen LogP contribution in [-0.2, 0) is 4.79 Å². The predicted octanol–water partition coefficient (Wildman–Crippen LogP) is 1.14. The molecule has 0 heterocycles. The second kappa shape index (κ2) is 4.67. The number of halogens is 1. The van der Waals surface area contributed by atoms with Gasteiger partial charge in [-0.2, -0.15) is 0 Å². The van der Waals surface area contributed by atoms with Crippen LogP contribution in [0.15, 0.2) is 18.2 Å². The molecule has 1 rings (SSSR count). The zero-order valence-electron chi connectivity index (χ0n) is 9.58. The number of rotatable bonds is 4. The molecule has 0 spiro atoms. The molecule has 0 aromatic heterocycles. The molecule has 0 aliphatic rings. The van der Waals surface area contributed by atoms with Gasteiger partial charge in [0.2, 0.25) is 5.91 Å². The second-order valence-electron chi connectivity index (χ2n) is 4.14. The third kappa shape index (κ3) is 2.91. The van der Waals surface area contributed by atoms with E-state index in [0.29, 0.717) is 5.69 Å². The maximum Gasteiger partial charge on any atom is 0.242 e. The number of nitrogens with one attached hydrogen (secondary N) is 1. The quantitative estimate of drug-likeness (QED) is 0.705. The minimum atomic E-state index is -1.02. The Bertz CT molecular complexity index is 474. The van der Waals surface area contributed by atoms with E-state index in [0.717, 1.165) is 0 Å². The molecule has 0 radical (unpaired) electrons. The Balaban J connectivity index is 3.20. The maximum absolute atomic E-state index is 13.6. The summed E-state index contributed by atoms with van der Waals surface area (Å²) < 4.78 is 13.6. The average Bonchev–Trinajstić information content (AvgIpc) is 2.15. The van der Waals surface area contributed by atoms with Gasteiger partial charge in [-0.25, -0.2) is 4.39 Å². The van der Waals surface area contributed by atoms with Gasteiger partial charge >= 0.3 is 0 Å². The van der Waals surface area contributed by atoms with Crippen molar-refractivity contribution in [3.63, 3.8) is 0 Å². The number of hydrogen-bond donors (Lipinski definition) is 3. The number of carbonyl (C=O) groups is 1. The summed E-state index contributed by atoms with van der Waals surface area (Å²) in [6.45, 7) is 3.17. The molecule has 1 aromatic carbocycles. The summed E-state index contributed by atoms with van der Waals surface area (Å²) >= 11 is 4.77. The monoisotopic (exact) mass is 255 g/mol. The zero-order valence-corrected chi connectivity index (χ0v) is 10.4. The van der Waals surface area contributed by atoms with Gasteiger partial charge in [-0.15, -0.1) is 0 Å². The van der Waals surface area contributed by atoms with Crippen LogP contribution in [0.5, 0.6) is 0 Å². The smallest absolute Gasteiger partial charge is 0.242 e. The van der Waals surface area contributed by atoms with Crippen molar-refractivity contribution in [2.75, 3.05) is 5.32 Å². The van der Waals surface area contributed by atoms with Crippen LogP contribution in [0.2, 0.25) is 0 Å². The van der Waals surface area contributed by atoms with Crippen LogP contribution in [0.4, 0.5) is 10.1 Å². The van der Waals surface area contributed by atoms with Crippen LogP contribution in [0.1, 0.15) is 19.4 Å². The summed E-state index contributed by atoms with van der Waals surface area (Å²) in [6, 6.07) is 4.33. The van der Waals surface area contributed by atoms with Crippen molar-refractivity contribution < 1.29 is 9.18 Å². The number of nitrogens with two attached hydrogens (primary N) is 2. The molecule has 1 amide bonds. The number of carbonyl (C=O) groups excluding carboxylic acids is 1. The standard InChI is InChI=1S/C11H14FN3OS/c1-11(2,10(14)16)15-7-5-3-4-6(12)8(7)9(13)17/h3-5,15H,1-2H3,(H2,13,17)(H2,14,16). The molecule has 0 atom stereocenters. The summed E-state index contributed by atoms with van der Waals surface area (Å²) in [6.07, 6.45) is 0. The van der Waals surface area contributed by atoms with E-state index in [2.05, 4.69) is 5.32 Å². The summed E-state index contributed by atoms with van der Waals surface area (Å²) in [5, 5.41) is 2.83. The predicted molar refractivity (Wildman–Crippen MR) is 69.2 cm³/mol. The van der Waals surface area contributed by atoms with E-state index < -0.39 is 17.3 Å². The zero-order chi connectivity index (χ0) is 13.2. The highest BCUT2D eigenvalue weighted by atomic mass is 32.1. The summed E-state index contributed by atoms with van der Waals surface area (Å²) in [5.74, 6) is -1.10. The summed E-state index contributed by atoms with van der Waals surface area (Å²) in [4.78, 5) is 11.1. The van der Waals surface area contributed by atoms with Crippen molar-refractivity contribution in [1.82, 2.24) is 0 Å². The molecule has 0 saturated heterocycles. The first-order chi connectivity index (χ1) is 7.75. The van der Waals surface area contributed by atoms with Crippen molar-refractivity contribution in [1.29, 1.82) is 0 Å². The first-order valence-electron chi connectivity index (χ1n) is 4.92. The van der Waals surface area contributed by atoms with Crippen molar-refractivity contribution in [2.24, 2.45) is 11.5 Å². The Kier molecular flexibility index (Phi) is 3.67. The van der Waals surface area contributed by atoms with Gasteiger partial charge in [-0.1, -0.05) is 18.3 Å². The SMILES string of the molecule is CC(C)(Nc1cccc(F)c1C(N)=S)C(N)=O. The molecule has 0 unspecified atom stereocenters. The minimum absolute atomic E-state index is 0.0779. The summed E-state index contributed by atoms with van der Waals surface area (Å²) in [5.41, 5.74) is 10.1. The van der Waals surface area contributed by atoms with Gasteiger partial charge in [0.25, 0.3) is 0 Å². The highest BCUT2D eigenvalue weighted by molar-refractivity contribution is 7.80. The molecule has 17 heavy (non-hydrogen) atoms. The molecule has 0 saturated carbocycles. The van der Waals surface area contributed by atoms with Crippen LogP contribution in [0, 0.1) is 5.82 Å². The Hall–Kier alpha value is -1.69. The Morgan fingerprint density at radius 3 is 2.47 bits per heavy atom. The van der Waals surface area contributed by atoms with Gasteiger partial charge in [-0.3, -0.25) is 4.79 Å². The maximum atomic E-state index is 13.6. The van der Waals surface area contributed by atoms with Gasteiger partial charge in [0.1, 0.15) is 16.3 Å². The molecule has 0 aliphatic heterocycles. The van der Waals surface area contributed by atoms with E-state index >= 15 is 0 Å². The Morgan fingerprint density at radius 1 is 1.41 bits per heavy atom. The van der Waals surface area contributed by atoms with Gasteiger partial charge in [0, 0.05) is 5.69 Å². The van der Waals surface area contributed by atoms with Crippen molar-refractivity contribution >= 4 is 28.8 Å². The fraction of sp³-hybridized carbons (Fsp3) is 0.273. The van der Waals surface area contributed by atoms with E-state index in [-0.39, 0.29) is 10.6 Å². The van der Waals surface area contributed by atoms with E-state index in [1.54, 1.807) is 19.9 Å². The highest BCUT2D eigenvalue weighted by Crippen LogP contribution is 2.22. The van der Waals surface area contributed by atoms with E-state index in [9.17, 15) is 9.18 Å². The number of anilines is 1. The van der Waals surface area contributed by atoms with Crippen molar-refractivity contribution in [3.05, 3.63) is 29.6 Å². The van der Waals surface area contributed by atoms with Gasteiger partial charge in [0.05, 0.1) is 5.56 Å². The molecule has 4 nitrogen and oxygen atoms in total. The molecular weight excluding hydrogens is 241 g/mol. The van der Waals surface area contributed by atoms with Crippen LogP contribution >= 0.6 is 12.2 Å². The summed E-state index contributed by atoms with van der Waals surface area (Å²) in [7, 11) is 0. The lowest BCUT2D eigenvalue weighted by Gasteiger charge is -2.25. The lowest BCUT2D eigenvalue weighted by molar-refractivity contribution is -0.121. The number of hydrogen-bond acceptors (Lipinski definition) is 3. The van der Waals surface area contributed by atoms with E-state index in [1.165, 1.54) is 12.1 Å². The number of amides is 1. The van der Waals surface area contributed by atoms with E-state index in [1.807, 2.05) is 0 Å².